The number of nitrogens with zero attached hydrogens (tertiary/aromatic N) is 2. The van der Waals surface area contributed by atoms with Gasteiger partial charge in [-0.1, -0.05) is 22.0 Å². The number of nitriles is 1. The average molecular weight is 409 g/mol. The number of halogens is 3. The van der Waals surface area contributed by atoms with Gasteiger partial charge in [0.2, 0.25) is 0 Å². The predicted octanol–water partition coefficient (Wildman–Crippen LogP) is 3.39. The SMILES string of the molecule is C=CC[C@H](c1c(Br)ccc(C#N)c1O)N1CCNCC1.Cl.Cl. The molecule has 0 amide bonds. The van der Waals surface area contributed by atoms with E-state index in [0.29, 0.717) is 5.56 Å². The smallest absolute Gasteiger partial charge is 0.139 e. The number of benzene rings is 1. The highest BCUT2D eigenvalue weighted by Crippen LogP contribution is 2.39. The minimum atomic E-state index is 0. The molecule has 22 heavy (non-hydrogen) atoms. The Hall–Kier alpha value is -0.770. The van der Waals surface area contributed by atoms with E-state index in [1.54, 1.807) is 6.07 Å². The van der Waals surface area contributed by atoms with E-state index < -0.39 is 0 Å². The van der Waals surface area contributed by atoms with Crippen LogP contribution in [0, 0.1) is 11.3 Å². The summed E-state index contributed by atoms with van der Waals surface area (Å²) in [4.78, 5) is 2.32. The molecule has 2 N–H and O–H groups in total. The van der Waals surface area contributed by atoms with E-state index in [1.165, 1.54) is 0 Å². The number of nitrogens with one attached hydrogen (secondary N) is 1. The number of hydrogen-bond acceptors (Lipinski definition) is 4. The minimum Gasteiger partial charge on any atom is -0.506 e. The summed E-state index contributed by atoms with van der Waals surface area (Å²) < 4.78 is 0.833. The van der Waals surface area contributed by atoms with Crippen molar-refractivity contribution in [3.8, 4) is 11.8 Å². The van der Waals surface area contributed by atoms with E-state index in [9.17, 15) is 5.11 Å². The van der Waals surface area contributed by atoms with Crippen LogP contribution in [-0.4, -0.2) is 36.2 Å². The van der Waals surface area contributed by atoms with Crippen LogP contribution >= 0.6 is 40.7 Å². The molecule has 0 unspecified atom stereocenters. The third-order valence-electron chi connectivity index (χ3n) is 3.60. The summed E-state index contributed by atoms with van der Waals surface area (Å²) in [6.07, 6.45) is 2.60. The molecule has 1 heterocycles. The van der Waals surface area contributed by atoms with Crippen LogP contribution in [0.4, 0.5) is 0 Å². The van der Waals surface area contributed by atoms with Crippen molar-refractivity contribution < 1.29 is 5.11 Å². The lowest BCUT2D eigenvalue weighted by molar-refractivity contribution is 0.171. The molecule has 122 valence electrons. The highest BCUT2D eigenvalue weighted by Gasteiger charge is 2.26. The van der Waals surface area contributed by atoms with Crippen LogP contribution in [-0.2, 0) is 0 Å². The molecular weight excluding hydrogens is 389 g/mol. The van der Waals surface area contributed by atoms with Crippen molar-refractivity contribution in [2.75, 3.05) is 26.2 Å². The first kappa shape index (κ1) is 21.2. The molecule has 0 aliphatic carbocycles. The number of hydrogen-bond donors (Lipinski definition) is 2. The van der Waals surface area contributed by atoms with Crippen LogP contribution in [0.15, 0.2) is 29.3 Å². The zero-order chi connectivity index (χ0) is 14.5. The molecule has 0 spiro atoms. The summed E-state index contributed by atoms with van der Waals surface area (Å²) in [5.41, 5.74) is 1.10. The summed E-state index contributed by atoms with van der Waals surface area (Å²) >= 11 is 3.50. The highest BCUT2D eigenvalue weighted by molar-refractivity contribution is 9.10. The Kier molecular flexibility index (Phi) is 9.74. The first-order valence-corrected chi connectivity index (χ1v) is 7.45. The lowest BCUT2D eigenvalue weighted by atomic mass is 9.98. The van der Waals surface area contributed by atoms with Crippen molar-refractivity contribution in [1.82, 2.24) is 10.2 Å². The van der Waals surface area contributed by atoms with Gasteiger partial charge in [0.25, 0.3) is 0 Å². The zero-order valence-electron chi connectivity index (χ0n) is 12.1. The number of aromatic hydroxyl groups is 1. The van der Waals surface area contributed by atoms with Gasteiger partial charge in [-0.3, -0.25) is 4.90 Å². The fourth-order valence-corrected chi connectivity index (χ4v) is 3.18. The van der Waals surface area contributed by atoms with Crippen LogP contribution in [0.1, 0.15) is 23.6 Å². The second-order valence-corrected chi connectivity index (χ2v) is 5.65. The Balaban J connectivity index is 0.00000220. The largest absolute Gasteiger partial charge is 0.506 e. The summed E-state index contributed by atoms with van der Waals surface area (Å²) in [5, 5.41) is 22.8. The van der Waals surface area contributed by atoms with E-state index in [0.717, 1.165) is 42.6 Å². The van der Waals surface area contributed by atoms with E-state index in [-0.39, 0.29) is 36.6 Å². The molecule has 1 aromatic rings. The average Bonchev–Trinajstić information content (AvgIpc) is 2.47. The van der Waals surface area contributed by atoms with Crippen molar-refractivity contribution >= 4 is 40.7 Å². The molecule has 0 aromatic heterocycles. The normalized spacial score (nSPS) is 15.8. The van der Waals surface area contributed by atoms with E-state index in [2.05, 4.69) is 32.7 Å². The third-order valence-corrected chi connectivity index (χ3v) is 4.29. The second-order valence-electron chi connectivity index (χ2n) is 4.80. The van der Waals surface area contributed by atoms with Crippen LogP contribution in [0.2, 0.25) is 0 Å². The first-order valence-electron chi connectivity index (χ1n) is 6.66. The molecule has 2 rings (SSSR count). The molecule has 4 nitrogen and oxygen atoms in total. The number of rotatable bonds is 4. The topological polar surface area (TPSA) is 59.3 Å². The Morgan fingerprint density at radius 1 is 1.41 bits per heavy atom. The number of phenols is 1. The predicted molar refractivity (Wildman–Crippen MR) is 97.0 cm³/mol. The summed E-state index contributed by atoms with van der Waals surface area (Å²) in [6, 6.07) is 5.53. The highest BCUT2D eigenvalue weighted by atomic mass is 79.9. The summed E-state index contributed by atoms with van der Waals surface area (Å²) in [5.74, 6) is 0.0762. The number of piperazine rings is 1. The van der Waals surface area contributed by atoms with Gasteiger partial charge < -0.3 is 10.4 Å². The van der Waals surface area contributed by atoms with Crippen LogP contribution in [0.3, 0.4) is 0 Å². The molecule has 1 aliphatic heterocycles. The zero-order valence-corrected chi connectivity index (χ0v) is 15.3. The molecule has 0 radical (unpaired) electrons. The second kappa shape index (κ2) is 10.1. The van der Waals surface area contributed by atoms with Gasteiger partial charge in [-0.25, -0.2) is 0 Å². The lowest BCUT2D eigenvalue weighted by Gasteiger charge is -2.35. The first-order chi connectivity index (χ1) is 9.69. The van der Waals surface area contributed by atoms with Gasteiger partial charge in [0.05, 0.1) is 5.56 Å². The van der Waals surface area contributed by atoms with Gasteiger partial charge in [0.1, 0.15) is 11.8 Å². The lowest BCUT2D eigenvalue weighted by Crippen LogP contribution is -2.45. The van der Waals surface area contributed by atoms with Crippen molar-refractivity contribution in [2.45, 2.75) is 12.5 Å². The maximum Gasteiger partial charge on any atom is 0.139 e. The Morgan fingerprint density at radius 2 is 2.05 bits per heavy atom. The Morgan fingerprint density at radius 3 is 2.59 bits per heavy atom. The van der Waals surface area contributed by atoms with Gasteiger partial charge in [-0.05, 0) is 18.6 Å². The van der Waals surface area contributed by atoms with Crippen molar-refractivity contribution in [2.24, 2.45) is 0 Å². The fourth-order valence-electron chi connectivity index (χ4n) is 2.59. The molecule has 1 aliphatic rings. The van der Waals surface area contributed by atoms with Crippen LogP contribution < -0.4 is 5.32 Å². The quantitative estimate of drug-likeness (QED) is 0.749. The maximum absolute atomic E-state index is 10.4. The Labute approximate surface area is 152 Å². The van der Waals surface area contributed by atoms with Crippen molar-refractivity contribution in [3.05, 3.63) is 40.4 Å². The monoisotopic (exact) mass is 407 g/mol. The summed E-state index contributed by atoms with van der Waals surface area (Å²) in [6.45, 7) is 7.52. The summed E-state index contributed by atoms with van der Waals surface area (Å²) in [7, 11) is 0. The molecular formula is C15H20BrCl2N3O. The van der Waals surface area contributed by atoms with Gasteiger partial charge >= 0.3 is 0 Å². The van der Waals surface area contributed by atoms with Crippen molar-refractivity contribution in [1.29, 1.82) is 5.26 Å². The molecule has 1 aromatic carbocycles. The van der Waals surface area contributed by atoms with Gasteiger partial charge in [-0.2, -0.15) is 5.26 Å². The molecule has 7 heteroatoms. The minimum absolute atomic E-state index is 0. The molecule has 1 atom stereocenters. The molecule has 1 fully saturated rings. The third kappa shape index (κ3) is 4.61. The van der Waals surface area contributed by atoms with E-state index in [4.69, 9.17) is 5.26 Å². The van der Waals surface area contributed by atoms with Gasteiger partial charge in [0, 0.05) is 42.3 Å². The van der Waals surface area contributed by atoms with Gasteiger partial charge in [0.15, 0.2) is 0 Å². The van der Waals surface area contributed by atoms with Gasteiger partial charge in [-0.15, -0.1) is 31.4 Å². The van der Waals surface area contributed by atoms with Crippen LogP contribution in [0.5, 0.6) is 5.75 Å². The fraction of sp³-hybridized carbons (Fsp3) is 0.400. The van der Waals surface area contributed by atoms with Crippen LogP contribution in [0.25, 0.3) is 0 Å². The van der Waals surface area contributed by atoms with Crippen molar-refractivity contribution in [3.63, 3.8) is 0 Å². The Bertz CT molecular complexity index is 542. The molecule has 0 bridgehead atoms. The maximum atomic E-state index is 10.4. The number of phenolic OH excluding ortho intramolecular Hbond substituents is 1. The standard InChI is InChI=1S/C15H18BrN3O.2ClH/c1-2-3-13(19-8-6-18-7-9-19)14-12(16)5-4-11(10-17)15(14)20;;/h2,4-5,13,18,20H,1,3,6-9H2;2*1H/t13-;;/m1../s1. The molecule has 0 saturated carbocycles. The molecule has 1 saturated heterocycles. The van der Waals surface area contributed by atoms with E-state index >= 15 is 0 Å². The van der Waals surface area contributed by atoms with E-state index in [1.807, 2.05) is 18.2 Å².